The summed E-state index contributed by atoms with van der Waals surface area (Å²) < 4.78 is 0.303. The van der Waals surface area contributed by atoms with Crippen molar-refractivity contribution in [2.75, 3.05) is 12.3 Å². The van der Waals surface area contributed by atoms with Gasteiger partial charge < -0.3 is 15.5 Å². The quantitative estimate of drug-likeness (QED) is 0.770. The number of aromatic hydroxyl groups is 1. The van der Waals surface area contributed by atoms with Gasteiger partial charge in [-0.25, -0.2) is 0 Å². The second-order valence-electron chi connectivity index (χ2n) is 5.36. The van der Waals surface area contributed by atoms with Gasteiger partial charge in [-0.1, -0.05) is 0 Å². The monoisotopic (exact) mass is 282 g/mol. The van der Waals surface area contributed by atoms with Gasteiger partial charge in [0.15, 0.2) is 0 Å². The molecule has 2 rings (SSSR count). The predicted molar refractivity (Wildman–Crippen MR) is 78.4 cm³/mol. The number of pyridine rings is 1. The van der Waals surface area contributed by atoms with Crippen molar-refractivity contribution in [3.8, 4) is 5.75 Å². The molecule has 1 unspecified atom stereocenters. The molecule has 19 heavy (non-hydrogen) atoms. The van der Waals surface area contributed by atoms with Crippen LogP contribution in [0.15, 0.2) is 6.20 Å². The molecule has 1 aliphatic heterocycles. The van der Waals surface area contributed by atoms with E-state index < -0.39 is 0 Å². The second-order valence-corrected chi connectivity index (χ2v) is 7.04. The summed E-state index contributed by atoms with van der Waals surface area (Å²) in [6, 6.07) is 0. The third kappa shape index (κ3) is 3.41. The van der Waals surface area contributed by atoms with E-state index >= 15 is 0 Å². The van der Waals surface area contributed by atoms with Crippen LogP contribution >= 0.6 is 11.8 Å². The van der Waals surface area contributed by atoms with Crippen molar-refractivity contribution in [2.24, 2.45) is 0 Å². The zero-order valence-corrected chi connectivity index (χ0v) is 12.4. The molecule has 0 radical (unpaired) electrons. The summed E-state index contributed by atoms with van der Waals surface area (Å²) in [5.41, 5.74) is 2.07. The average Bonchev–Trinajstić information content (AvgIpc) is 2.82. The van der Waals surface area contributed by atoms with Gasteiger partial charge in [-0.05, 0) is 32.4 Å². The first kappa shape index (κ1) is 14.6. The van der Waals surface area contributed by atoms with Crippen molar-refractivity contribution in [3.63, 3.8) is 0 Å². The van der Waals surface area contributed by atoms with Gasteiger partial charge in [-0.15, -0.1) is 0 Å². The largest absolute Gasteiger partial charge is 0.506 e. The van der Waals surface area contributed by atoms with E-state index in [1.807, 2.05) is 11.8 Å². The van der Waals surface area contributed by atoms with E-state index in [1.54, 1.807) is 13.1 Å². The topological polar surface area (TPSA) is 65.4 Å². The summed E-state index contributed by atoms with van der Waals surface area (Å²) in [4.78, 5) is 4.07. The van der Waals surface area contributed by atoms with Gasteiger partial charge in [0.05, 0.1) is 12.3 Å². The van der Waals surface area contributed by atoms with Crippen LogP contribution in [0.5, 0.6) is 5.75 Å². The van der Waals surface area contributed by atoms with Crippen molar-refractivity contribution in [1.29, 1.82) is 0 Å². The van der Waals surface area contributed by atoms with Crippen molar-refractivity contribution in [1.82, 2.24) is 10.3 Å². The number of hydrogen-bond donors (Lipinski definition) is 3. The van der Waals surface area contributed by atoms with Crippen LogP contribution in [0.3, 0.4) is 0 Å². The number of aromatic nitrogens is 1. The molecule has 1 atom stereocenters. The van der Waals surface area contributed by atoms with Crippen molar-refractivity contribution >= 4 is 11.8 Å². The summed E-state index contributed by atoms with van der Waals surface area (Å²) in [7, 11) is 0. The van der Waals surface area contributed by atoms with Gasteiger partial charge in [-0.2, -0.15) is 11.8 Å². The molecule has 0 amide bonds. The van der Waals surface area contributed by atoms with Crippen LogP contribution in [-0.2, 0) is 13.2 Å². The minimum absolute atomic E-state index is 0.0934. The Morgan fingerprint density at radius 3 is 2.95 bits per heavy atom. The predicted octanol–water partition coefficient (Wildman–Crippen LogP) is 1.96. The smallest absolute Gasteiger partial charge is 0.141 e. The van der Waals surface area contributed by atoms with E-state index in [0.29, 0.717) is 22.5 Å². The molecule has 106 valence electrons. The number of nitrogens with zero attached hydrogens (tertiary/aromatic N) is 1. The zero-order valence-electron chi connectivity index (χ0n) is 11.6. The first-order valence-electron chi connectivity index (χ1n) is 6.67. The fourth-order valence-corrected chi connectivity index (χ4v) is 3.72. The minimum Gasteiger partial charge on any atom is -0.506 e. The Labute approximate surface area is 118 Å². The Morgan fingerprint density at radius 2 is 2.32 bits per heavy atom. The van der Waals surface area contributed by atoms with Crippen LogP contribution in [-0.4, -0.2) is 32.2 Å². The van der Waals surface area contributed by atoms with Gasteiger partial charge in [0.1, 0.15) is 5.75 Å². The van der Waals surface area contributed by atoms with Gasteiger partial charge in [0.25, 0.3) is 0 Å². The summed E-state index contributed by atoms with van der Waals surface area (Å²) >= 11 is 2.01. The molecule has 0 aromatic carbocycles. The van der Waals surface area contributed by atoms with Gasteiger partial charge in [0, 0.05) is 35.2 Å². The van der Waals surface area contributed by atoms with Gasteiger partial charge in [0.2, 0.25) is 0 Å². The number of thioether (sulfide) groups is 1. The van der Waals surface area contributed by atoms with Crippen LogP contribution in [0.2, 0.25) is 0 Å². The van der Waals surface area contributed by atoms with E-state index in [4.69, 9.17) is 0 Å². The molecule has 1 aromatic rings. The highest BCUT2D eigenvalue weighted by Crippen LogP contribution is 2.37. The summed E-state index contributed by atoms with van der Waals surface area (Å²) in [5.74, 6) is 1.43. The summed E-state index contributed by atoms with van der Waals surface area (Å²) in [5, 5.41) is 22.8. The number of rotatable bonds is 5. The van der Waals surface area contributed by atoms with Gasteiger partial charge >= 0.3 is 0 Å². The Bertz CT molecular complexity index is 445. The third-order valence-corrected chi connectivity index (χ3v) is 5.24. The fourth-order valence-electron chi connectivity index (χ4n) is 2.45. The third-order valence-electron chi connectivity index (χ3n) is 3.70. The minimum atomic E-state index is -0.0934. The highest BCUT2D eigenvalue weighted by Gasteiger charge is 2.28. The number of hydrogen-bond acceptors (Lipinski definition) is 5. The molecule has 1 aromatic heterocycles. The zero-order chi connectivity index (χ0) is 13.9. The molecular formula is C14H22N2O2S. The number of aliphatic hydroxyl groups is 1. The number of aliphatic hydroxyl groups excluding tert-OH is 1. The SMILES string of the molecule is Cc1ncc(CO)c(CNCC2(C)CCCS2)c1O. The van der Waals surface area contributed by atoms with E-state index in [-0.39, 0.29) is 12.4 Å². The lowest BCUT2D eigenvalue weighted by Crippen LogP contribution is -2.32. The molecule has 0 aliphatic carbocycles. The number of nitrogens with one attached hydrogen (secondary N) is 1. The molecule has 0 saturated carbocycles. The van der Waals surface area contributed by atoms with E-state index in [2.05, 4.69) is 17.2 Å². The van der Waals surface area contributed by atoms with Crippen LogP contribution in [0.4, 0.5) is 0 Å². The molecule has 0 spiro atoms. The van der Waals surface area contributed by atoms with Gasteiger partial charge in [-0.3, -0.25) is 4.98 Å². The van der Waals surface area contributed by atoms with Crippen LogP contribution < -0.4 is 5.32 Å². The lowest BCUT2D eigenvalue weighted by Gasteiger charge is -2.23. The lowest BCUT2D eigenvalue weighted by atomic mass is 10.0. The molecule has 0 bridgehead atoms. The highest BCUT2D eigenvalue weighted by atomic mass is 32.2. The summed E-state index contributed by atoms with van der Waals surface area (Å²) in [6.45, 7) is 5.45. The number of aryl methyl sites for hydroxylation is 1. The standard InChI is InChI=1S/C14H22N2O2S/c1-10-13(18)12(11(8-17)6-16-10)7-15-9-14(2)4-3-5-19-14/h6,15,17-18H,3-5,7-9H2,1-2H3. The first-order valence-corrected chi connectivity index (χ1v) is 7.66. The van der Waals surface area contributed by atoms with Crippen LogP contribution in [0, 0.1) is 6.92 Å². The molecule has 1 aliphatic rings. The highest BCUT2D eigenvalue weighted by molar-refractivity contribution is 8.00. The van der Waals surface area contributed by atoms with E-state index in [0.717, 1.165) is 12.1 Å². The molecule has 4 nitrogen and oxygen atoms in total. The molecule has 1 fully saturated rings. The average molecular weight is 282 g/mol. The summed E-state index contributed by atoms with van der Waals surface area (Å²) in [6.07, 6.45) is 4.15. The van der Waals surface area contributed by atoms with Crippen molar-refractivity contribution in [3.05, 3.63) is 23.0 Å². The molecule has 5 heteroatoms. The Kier molecular flexibility index (Phi) is 4.71. The normalized spacial score (nSPS) is 22.9. The van der Waals surface area contributed by atoms with E-state index in [1.165, 1.54) is 18.6 Å². The molecule has 1 saturated heterocycles. The molecule has 3 N–H and O–H groups in total. The molecule has 2 heterocycles. The molecular weight excluding hydrogens is 260 g/mol. The Balaban J connectivity index is 2.00. The maximum Gasteiger partial charge on any atom is 0.141 e. The van der Waals surface area contributed by atoms with E-state index in [9.17, 15) is 10.2 Å². The van der Waals surface area contributed by atoms with Crippen molar-refractivity contribution in [2.45, 2.75) is 44.6 Å². The fraction of sp³-hybridized carbons (Fsp3) is 0.643. The van der Waals surface area contributed by atoms with Crippen molar-refractivity contribution < 1.29 is 10.2 Å². The maximum atomic E-state index is 10.0. The Morgan fingerprint density at radius 1 is 1.53 bits per heavy atom. The Hall–Kier alpha value is -0.780. The van der Waals surface area contributed by atoms with Crippen LogP contribution in [0.1, 0.15) is 36.6 Å². The lowest BCUT2D eigenvalue weighted by molar-refractivity contribution is 0.278. The van der Waals surface area contributed by atoms with Crippen LogP contribution in [0.25, 0.3) is 0 Å². The second kappa shape index (κ2) is 6.11. The maximum absolute atomic E-state index is 10.0. The first-order chi connectivity index (χ1) is 9.06.